The second-order valence-electron chi connectivity index (χ2n) is 7.23. The summed E-state index contributed by atoms with van der Waals surface area (Å²) in [6.07, 6.45) is 0. The number of carbonyl (C=O) groups is 1. The van der Waals surface area contributed by atoms with Crippen LogP contribution in [0.25, 0.3) is 10.8 Å². The molecule has 2 N–H and O–H groups in total. The van der Waals surface area contributed by atoms with Gasteiger partial charge in [-0.15, -0.1) is 0 Å². The predicted octanol–water partition coefficient (Wildman–Crippen LogP) is 5.64. The molecule has 0 amide bonds. The molecule has 0 bridgehead atoms. The van der Waals surface area contributed by atoms with E-state index in [4.69, 9.17) is 16.3 Å². The number of ether oxygens (including phenoxy) is 1. The Balaban J connectivity index is 1.96. The molecule has 4 aromatic rings. The Bertz CT molecular complexity index is 1350. The van der Waals surface area contributed by atoms with E-state index in [-0.39, 0.29) is 16.7 Å². The van der Waals surface area contributed by atoms with E-state index in [2.05, 4.69) is 0 Å². The Kier molecular flexibility index (Phi) is 4.17. The third-order valence-corrected chi connectivity index (χ3v) is 5.87. The highest BCUT2D eigenvalue weighted by Crippen LogP contribution is 2.49. The minimum atomic E-state index is -1.75. The smallest absolute Gasteiger partial charge is 0.340 e. The number of esters is 1. The topological polar surface area (TPSA) is 66.8 Å². The lowest BCUT2D eigenvalue weighted by molar-refractivity contribution is 0.0123. The van der Waals surface area contributed by atoms with Crippen LogP contribution in [0.5, 0.6) is 11.5 Å². The van der Waals surface area contributed by atoms with Crippen LogP contribution in [-0.4, -0.2) is 16.2 Å². The van der Waals surface area contributed by atoms with Crippen LogP contribution in [0.2, 0.25) is 5.02 Å². The van der Waals surface area contributed by atoms with Gasteiger partial charge in [0.2, 0.25) is 0 Å². The van der Waals surface area contributed by atoms with E-state index in [0.717, 1.165) is 24.3 Å². The summed E-state index contributed by atoms with van der Waals surface area (Å²) in [5, 5.41) is 20.8. The van der Waals surface area contributed by atoms with Crippen molar-refractivity contribution in [3.05, 3.63) is 106 Å². The molecule has 7 heteroatoms. The van der Waals surface area contributed by atoms with Crippen molar-refractivity contribution in [3.8, 4) is 11.5 Å². The van der Waals surface area contributed by atoms with Gasteiger partial charge >= 0.3 is 5.97 Å². The first-order valence-corrected chi connectivity index (χ1v) is 9.64. The summed E-state index contributed by atoms with van der Waals surface area (Å²) in [4.78, 5) is 13.1. The number of carbonyl (C=O) groups excluding carboxylic acids is 1. The van der Waals surface area contributed by atoms with Crippen molar-refractivity contribution in [2.75, 3.05) is 0 Å². The van der Waals surface area contributed by atoms with E-state index in [1.165, 1.54) is 12.1 Å². The van der Waals surface area contributed by atoms with E-state index >= 15 is 0 Å². The average Bonchev–Trinajstić information content (AvgIpc) is 2.76. The van der Waals surface area contributed by atoms with Crippen LogP contribution >= 0.6 is 11.6 Å². The molecule has 154 valence electrons. The highest BCUT2D eigenvalue weighted by Gasteiger charge is 2.46. The molecule has 31 heavy (non-hydrogen) atoms. The number of phenols is 2. The molecule has 0 fully saturated rings. The van der Waals surface area contributed by atoms with Gasteiger partial charge in [-0.2, -0.15) is 0 Å². The molecular formula is C24H13ClF2O4. The summed E-state index contributed by atoms with van der Waals surface area (Å²) in [5.74, 6) is -3.74. The monoisotopic (exact) mass is 438 g/mol. The maximum atomic E-state index is 14.4. The van der Waals surface area contributed by atoms with Crippen LogP contribution in [-0.2, 0) is 10.3 Å². The van der Waals surface area contributed by atoms with Gasteiger partial charge < -0.3 is 14.9 Å². The zero-order valence-electron chi connectivity index (χ0n) is 15.7. The highest BCUT2D eigenvalue weighted by atomic mass is 35.5. The summed E-state index contributed by atoms with van der Waals surface area (Å²) in [7, 11) is 0. The number of phenolic OH excluding ortho intramolecular Hbond substituents is 2. The first-order valence-electron chi connectivity index (χ1n) is 9.26. The van der Waals surface area contributed by atoms with Gasteiger partial charge in [0, 0.05) is 32.5 Å². The molecule has 1 aliphatic heterocycles. The summed E-state index contributed by atoms with van der Waals surface area (Å²) in [6.45, 7) is 0. The SMILES string of the molecule is O=C1OC(c2ccc(O)c(F)c2)(c2ccc(O)c(F)c2)c2ccc(Cl)c3cccc1c23. The van der Waals surface area contributed by atoms with Crippen LogP contribution in [0.4, 0.5) is 8.78 Å². The Hall–Kier alpha value is -3.64. The molecule has 0 unspecified atom stereocenters. The molecule has 1 aliphatic rings. The number of rotatable bonds is 2. The quantitative estimate of drug-likeness (QED) is 0.397. The lowest BCUT2D eigenvalue weighted by atomic mass is 9.75. The lowest BCUT2D eigenvalue weighted by Crippen LogP contribution is -2.38. The van der Waals surface area contributed by atoms with E-state index < -0.39 is 34.7 Å². The maximum absolute atomic E-state index is 14.4. The second kappa shape index (κ2) is 6.68. The number of halogens is 3. The fourth-order valence-corrected chi connectivity index (χ4v) is 4.35. The zero-order valence-corrected chi connectivity index (χ0v) is 16.5. The van der Waals surface area contributed by atoms with Crippen molar-refractivity contribution < 1.29 is 28.5 Å². The van der Waals surface area contributed by atoms with Gasteiger partial charge in [-0.1, -0.05) is 41.9 Å². The van der Waals surface area contributed by atoms with Gasteiger partial charge in [0.15, 0.2) is 28.7 Å². The number of hydrogen-bond donors (Lipinski definition) is 2. The van der Waals surface area contributed by atoms with Gasteiger partial charge in [-0.05, 0) is 36.4 Å². The summed E-state index contributed by atoms with van der Waals surface area (Å²) in [6, 6.07) is 15.4. The Morgan fingerprint density at radius 1 is 0.839 bits per heavy atom. The number of benzene rings is 4. The van der Waals surface area contributed by atoms with Gasteiger partial charge in [-0.3, -0.25) is 0 Å². The third-order valence-electron chi connectivity index (χ3n) is 5.54. The van der Waals surface area contributed by atoms with Gasteiger partial charge in [0.1, 0.15) is 0 Å². The molecule has 4 nitrogen and oxygen atoms in total. The minimum Gasteiger partial charge on any atom is -0.505 e. The normalized spacial score (nSPS) is 14.5. The summed E-state index contributed by atoms with van der Waals surface area (Å²) in [5.41, 5.74) is -0.739. The van der Waals surface area contributed by atoms with Crippen LogP contribution < -0.4 is 0 Å². The van der Waals surface area contributed by atoms with Crippen LogP contribution in [0.15, 0.2) is 66.7 Å². The number of hydrogen-bond acceptors (Lipinski definition) is 4. The first kappa shape index (κ1) is 19.3. The molecule has 0 atom stereocenters. The van der Waals surface area contributed by atoms with Crippen molar-refractivity contribution in [2.24, 2.45) is 0 Å². The second-order valence-corrected chi connectivity index (χ2v) is 7.63. The molecule has 0 aliphatic carbocycles. The number of cyclic esters (lactones) is 1. The van der Waals surface area contributed by atoms with E-state index in [1.807, 2.05) is 0 Å². The molecule has 0 spiro atoms. The molecule has 1 heterocycles. The van der Waals surface area contributed by atoms with Gasteiger partial charge in [-0.25, -0.2) is 13.6 Å². The lowest BCUT2D eigenvalue weighted by Gasteiger charge is -2.39. The van der Waals surface area contributed by atoms with Crippen LogP contribution in [0.3, 0.4) is 0 Å². The van der Waals surface area contributed by atoms with E-state index in [9.17, 15) is 23.8 Å². The molecule has 0 saturated carbocycles. The van der Waals surface area contributed by atoms with E-state index in [1.54, 1.807) is 30.3 Å². The zero-order chi connectivity index (χ0) is 21.9. The van der Waals surface area contributed by atoms with Gasteiger partial charge in [0.05, 0.1) is 5.56 Å². The summed E-state index contributed by atoms with van der Waals surface area (Å²) < 4.78 is 34.7. The van der Waals surface area contributed by atoms with Crippen LogP contribution in [0, 0.1) is 11.6 Å². The first-order chi connectivity index (χ1) is 14.8. The molecule has 4 aromatic carbocycles. The third kappa shape index (κ3) is 2.68. The molecule has 0 radical (unpaired) electrons. The largest absolute Gasteiger partial charge is 0.505 e. The minimum absolute atomic E-state index is 0.152. The average molecular weight is 439 g/mol. The summed E-state index contributed by atoms with van der Waals surface area (Å²) >= 11 is 6.37. The predicted molar refractivity (Wildman–Crippen MR) is 110 cm³/mol. The van der Waals surface area contributed by atoms with Crippen LogP contribution in [0.1, 0.15) is 27.0 Å². The Morgan fingerprint density at radius 3 is 2.03 bits per heavy atom. The van der Waals surface area contributed by atoms with Crippen molar-refractivity contribution in [3.63, 3.8) is 0 Å². The van der Waals surface area contributed by atoms with Crippen molar-refractivity contribution in [1.29, 1.82) is 0 Å². The Morgan fingerprint density at radius 2 is 1.45 bits per heavy atom. The van der Waals surface area contributed by atoms with Crippen molar-refractivity contribution in [1.82, 2.24) is 0 Å². The van der Waals surface area contributed by atoms with Crippen molar-refractivity contribution in [2.45, 2.75) is 5.60 Å². The standard InChI is InChI=1S/C24H13ClF2O4/c25-17-7-6-16-22-14(17)2-1-3-15(22)23(30)31-24(16,12-4-8-20(28)18(26)10-12)13-5-9-21(29)19(27)11-13/h1-11,28-29H. The molecule has 5 rings (SSSR count). The van der Waals surface area contributed by atoms with E-state index in [0.29, 0.717) is 21.4 Å². The molecule has 0 aromatic heterocycles. The van der Waals surface area contributed by atoms with Gasteiger partial charge in [0.25, 0.3) is 0 Å². The highest BCUT2D eigenvalue weighted by molar-refractivity contribution is 6.36. The molecule has 0 saturated heterocycles. The fourth-order valence-electron chi connectivity index (χ4n) is 4.13. The molecular weight excluding hydrogens is 426 g/mol. The number of aromatic hydroxyl groups is 2. The van der Waals surface area contributed by atoms with Crippen molar-refractivity contribution >= 4 is 28.3 Å². The maximum Gasteiger partial charge on any atom is 0.340 e. The fraction of sp³-hybridized carbons (Fsp3) is 0.0417. The Labute approximate surface area is 179 Å².